The Kier molecular flexibility index (Phi) is 19.9. The van der Waals surface area contributed by atoms with Gasteiger partial charge in [0.1, 0.15) is 0 Å². The summed E-state index contributed by atoms with van der Waals surface area (Å²) in [7, 11) is -23.6. The second-order valence-electron chi connectivity index (χ2n) is 3.99. The fourth-order valence-corrected chi connectivity index (χ4v) is 1.44. The summed E-state index contributed by atoms with van der Waals surface area (Å²) in [5.74, 6) is 0. The Labute approximate surface area is 237 Å². The van der Waals surface area contributed by atoms with Crippen molar-refractivity contribution in [2.75, 3.05) is 0 Å². The Bertz CT molecular complexity index is 732. The molecule has 0 spiro atoms. The minimum atomic E-state index is -3.94. The van der Waals surface area contributed by atoms with Crippen LogP contribution < -0.4 is 58.9 Å². The SMILES string of the molecule is O=P1([O-])OOO1.O=P1([O-])OOO1.O=P1([O-])OOO1.O=P1([O-])OOO1.O=P1([O-])OOO1.O=P1([O-])OOO1.[Na+].[V]. The fraction of sp³-hybridized carbons (Fsp3) is 0. The first-order chi connectivity index (χ1) is 16.2. The normalized spacial score (nSPS) is 27.3. The van der Waals surface area contributed by atoms with Gasteiger partial charge >= 0.3 is 76.5 Å². The summed E-state index contributed by atoms with van der Waals surface area (Å²) in [4.78, 5) is 57.3. The molecule has 0 unspecified atom stereocenters. The van der Waals surface area contributed by atoms with Crippen molar-refractivity contribution in [1.29, 1.82) is 0 Å². The smallest absolute Gasteiger partial charge is 0.753 e. The van der Waals surface area contributed by atoms with E-state index in [4.69, 9.17) is 0 Å². The van der Waals surface area contributed by atoms with E-state index < -0.39 is 46.9 Å². The molecule has 38 heteroatoms. The van der Waals surface area contributed by atoms with E-state index in [9.17, 15) is 56.8 Å². The van der Waals surface area contributed by atoms with Crippen LogP contribution in [0.1, 0.15) is 0 Å². The molecule has 221 valence electrons. The van der Waals surface area contributed by atoms with Crippen LogP contribution in [-0.2, 0) is 132 Å². The zero-order chi connectivity index (χ0) is 27.7. The maximum absolute atomic E-state index is 9.55. The molecule has 0 aromatic rings. The summed E-state index contributed by atoms with van der Waals surface area (Å²) in [5, 5.41) is 20.2. The molecule has 6 saturated heterocycles. The van der Waals surface area contributed by atoms with Crippen LogP contribution in [0.2, 0.25) is 0 Å². The van der Waals surface area contributed by atoms with Crippen molar-refractivity contribution < 1.29 is 191 Å². The molecule has 6 aliphatic rings. The van der Waals surface area contributed by atoms with Crippen molar-refractivity contribution in [3.05, 3.63) is 0 Å². The van der Waals surface area contributed by atoms with E-state index in [1.54, 1.807) is 0 Å². The molecule has 6 rings (SSSR count). The van der Waals surface area contributed by atoms with Crippen LogP contribution in [0, 0.1) is 0 Å². The van der Waals surface area contributed by atoms with Crippen molar-refractivity contribution in [3.63, 3.8) is 0 Å². The van der Waals surface area contributed by atoms with Crippen molar-refractivity contribution in [3.8, 4) is 0 Å². The molecule has 0 atom stereocenters. The Balaban J connectivity index is 0. The van der Waals surface area contributed by atoms with Gasteiger partial charge in [0.25, 0.3) is 0 Å². The number of hydrogen-bond donors (Lipinski definition) is 0. The molecule has 6 aliphatic heterocycles. The number of hydrogen-bond acceptors (Lipinski definition) is 30. The zero-order valence-electron chi connectivity index (χ0n) is 16.4. The van der Waals surface area contributed by atoms with E-state index in [1.807, 2.05) is 0 Å². The Morgan fingerprint density at radius 1 is 0.289 bits per heavy atom. The third-order valence-electron chi connectivity index (χ3n) is 1.46. The van der Waals surface area contributed by atoms with Crippen LogP contribution in [0.5, 0.6) is 0 Å². The monoisotopic (exact) mass is 740 g/mol. The minimum Gasteiger partial charge on any atom is -0.753 e. The predicted octanol–water partition coefficient (Wildman–Crippen LogP) is -6.91. The van der Waals surface area contributed by atoms with Crippen molar-refractivity contribution in [2.24, 2.45) is 0 Å². The molecule has 38 heavy (non-hydrogen) atoms. The second-order valence-corrected chi connectivity index (χ2v) is 11.1. The summed E-state index contributed by atoms with van der Waals surface area (Å²) in [5.41, 5.74) is 0. The molecular weight excluding hydrogens is 740 g/mol. The average molecular weight is 740 g/mol. The summed E-state index contributed by atoms with van der Waals surface area (Å²) in [6.45, 7) is 0. The summed E-state index contributed by atoms with van der Waals surface area (Å²) in [6, 6.07) is 0. The maximum Gasteiger partial charge on any atom is 1.00 e. The van der Waals surface area contributed by atoms with Crippen LogP contribution in [-0.4, -0.2) is 0 Å². The van der Waals surface area contributed by atoms with Gasteiger partial charge in [-0.05, 0) is 0 Å². The quantitative estimate of drug-likeness (QED) is 0.126. The molecule has 1 radical (unpaired) electrons. The number of phosphoric acid groups is 6. The molecule has 0 aromatic carbocycles. The van der Waals surface area contributed by atoms with Gasteiger partial charge in [-0.15, -0.1) is 56.1 Å². The Hall–Kier alpha value is 2.00. The van der Waals surface area contributed by atoms with Gasteiger partial charge in [0.15, 0.2) is 0 Å². The third-order valence-corrected chi connectivity index (χ3v) is 4.38. The number of rotatable bonds is 0. The van der Waals surface area contributed by atoms with Gasteiger partial charge in [-0.1, -0.05) is 30.2 Å². The van der Waals surface area contributed by atoms with Crippen molar-refractivity contribution in [1.82, 2.24) is 0 Å². The second kappa shape index (κ2) is 18.0. The zero-order valence-corrected chi connectivity index (χ0v) is 25.1. The molecule has 6 fully saturated rings. The van der Waals surface area contributed by atoms with E-state index in [2.05, 4.69) is 86.3 Å². The molecule has 6 heterocycles. The molecule has 0 N–H and O–H groups in total. The van der Waals surface area contributed by atoms with E-state index in [0.717, 1.165) is 0 Å². The van der Waals surface area contributed by atoms with Crippen LogP contribution >= 0.6 is 46.9 Å². The van der Waals surface area contributed by atoms with Gasteiger partial charge in [0.05, 0.1) is 0 Å². The summed E-state index contributed by atoms with van der Waals surface area (Å²) < 4.78 is 98.0. The molecule has 0 amide bonds. The third kappa shape index (κ3) is 20.8. The Morgan fingerprint density at radius 3 is 0.342 bits per heavy atom. The molecule has 0 bridgehead atoms. The molecule has 30 nitrogen and oxygen atoms in total. The van der Waals surface area contributed by atoms with Gasteiger partial charge in [0.2, 0.25) is 0 Å². The maximum atomic E-state index is 9.55. The summed E-state index contributed by atoms with van der Waals surface area (Å²) >= 11 is 0. The van der Waals surface area contributed by atoms with Crippen LogP contribution in [0.15, 0.2) is 0 Å². The standard InChI is InChI=1S/Na.6HO5P.V/c;6*1-6(2)4-3-5-6;/h;6*(H,1,2);/q+1;;;;;;;/p-6. The predicted molar refractivity (Wildman–Crippen MR) is 65.2 cm³/mol. The van der Waals surface area contributed by atoms with E-state index >= 15 is 0 Å². The molecule has 0 saturated carbocycles. The van der Waals surface area contributed by atoms with Gasteiger partial charge < -0.3 is 29.4 Å². The van der Waals surface area contributed by atoms with Gasteiger partial charge in [-0.2, -0.15) is 0 Å². The van der Waals surface area contributed by atoms with Gasteiger partial charge in [-0.3, -0.25) is 27.4 Å². The topological polar surface area (TPSA) is 407 Å². The first-order valence-electron chi connectivity index (χ1n) is 6.38. The van der Waals surface area contributed by atoms with E-state index in [1.165, 1.54) is 0 Å². The van der Waals surface area contributed by atoms with Gasteiger partial charge in [-0.25, -0.2) is 0 Å². The van der Waals surface area contributed by atoms with Crippen LogP contribution in [0.25, 0.3) is 0 Å². The molecule has 0 aromatic heterocycles. The van der Waals surface area contributed by atoms with Crippen LogP contribution in [0.3, 0.4) is 0 Å². The van der Waals surface area contributed by atoms with Crippen LogP contribution in [0.4, 0.5) is 0 Å². The Morgan fingerprint density at radius 2 is 0.342 bits per heavy atom. The first-order valence-corrected chi connectivity index (χ1v) is 15.1. The molecular formula is NaO30P6V-5. The summed E-state index contributed by atoms with van der Waals surface area (Å²) in [6.07, 6.45) is 0. The first kappa shape index (κ1) is 42.1. The average Bonchev–Trinajstić information content (AvgIpc) is 2.64. The molecule has 0 aliphatic carbocycles. The van der Waals surface area contributed by atoms with Gasteiger partial charge in [0, 0.05) is 18.6 Å². The van der Waals surface area contributed by atoms with Crippen molar-refractivity contribution in [2.45, 2.75) is 0 Å². The van der Waals surface area contributed by atoms with E-state index in [-0.39, 0.29) is 48.1 Å². The van der Waals surface area contributed by atoms with E-state index in [0.29, 0.717) is 0 Å². The fourth-order valence-electron chi connectivity index (χ4n) is 0.481. The van der Waals surface area contributed by atoms with Crippen molar-refractivity contribution >= 4 is 46.9 Å². The largest absolute Gasteiger partial charge is 1.00 e. The minimum absolute atomic E-state index is 0.